The molecule has 1 saturated heterocycles. The van der Waals surface area contributed by atoms with E-state index in [1.165, 1.54) is 5.56 Å². The van der Waals surface area contributed by atoms with E-state index in [4.69, 9.17) is 0 Å². The van der Waals surface area contributed by atoms with Crippen LogP contribution in [0.2, 0.25) is 0 Å². The number of piperidine rings is 1. The van der Waals surface area contributed by atoms with E-state index in [9.17, 15) is 4.79 Å². The van der Waals surface area contributed by atoms with Crippen molar-refractivity contribution < 1.29 is 4.79 Å². The highest BCUT2D eigenvalue weighted by Gasteiger charge is 2.21. The Morgan fingerprint density at radius 2 is 1.79 bits per heavy atom. The average molecular weight is 390 g/mol. The van der Waals surface area contributed by atoms with Gasteiger partial charge in [-0.25, -0.2) is 4.79 Å². The Balaban J connectivity index is 1.20. The molecule has 2 N–H and O–H groups in total. The second kappa shape index (κ2) is 9.34. The van der Waals surface area contributed by atoms with Crippen LogP contribution in [0, 0.1) is 0 Å². The van der Waals surface area contributed by atoms with Crippen LogP contribution in [0.5, 0.6) is 0 Å². The van der Waals surface area contributed by atoms with Crippen molar-refractivity contribution in [3.63, 3.8) is 0 Å². The van der Waals surface area contributed by atoms with Crippen molar-refractivity contribution in [1.29, 1.82) is 0 Å². The minimum atomic E-state index is -0.199. The second-order valence-electron chi connectivity index (χ2n) is 7.35. The Kier molecular flexibility index (Phi) is 6.16. The fraction of sp³-hybridized carbons (Fsp3) is 0.318. The number of carbonyl (C=O) groups excluding carboxylic acids is 1. The molecule has 0 atom stereocenters. The topological polar surface area (TPSA) is 75.1 Å². The number of anilines is 1. The summed E-state index contributed by atoms with van der Waals surface area (Å²) in [6.07, 6.45) is 5.51. The smallest absolute Gasteiger partial charge is 0.320 e. The zero-order valence-corrected chi connectivity index (χ0v) is 16.4. The molecular weight excluding hydrogens is 364 g/mol. The molecule has 150 valence electrons. The molecule has 3 aromatic rings. The van der Waals surface area contributed by atoms with Crippen molar-refractivity contribution in [2.45, 2.75) is 32.0 Å². The number of likely N-dealkylation sites (tertiary alicyclic amines) is 1. The summed E-state index contributed by atoms with van der Waals surface area (Å²) in [5.74, 6) is 0.542. The molecule has 0 spiro atoms. The molecule has 2 amide bonds. The first-order valence-electron chi connectivity index (χ1n) is 10.0. The number of nitrogens with one attached hydrogen (secondary N) is 2. The Morgan fingerprint density at radius 3 is 2.55 bits per heavy atom. The zero-order chi connectivity index (χ0) is 19.9. The quantitative estimate of drug-likeness (QED) is 0.678. The molecule has 0 unspecified atom stereocenters. The Morgan fingerprint density at radius 1 is 1.00 bits per heavy atom. The minimum absolute atomic E-state index is 0.192. The zero-order valence-electron chi connectivity index (χ0n) is 16.4. The molecule has 7 nitrogen and oxygen atoms in total. The SMILES string of the molecule is O=C(Nc1ccn(Cc2ccccn2)n1)NC1CCN(Cc2ccccc2)CC1. The van der Waals surface area contributed by atoms with Crippen molar-refractivity contribution >= 4 is 11.8 Å². The van der Waals surface area contributed by atoms with Gasteiger partial charge in [-0.2, -0.15) is 5.10 Å². The van der Waals surface area contributed by atoms with Gasteiger partial charge in [0, 0.05) is 44.1 Å². The highest BCUT2D eigenvalue weighted by Crippen LogP contribution is 2.14. The lowest BCUT2D eigenvalue weighted by molar-refractivity contribution is 0.190. The average Bonchev–Trinajstić information content (AvgIpc) is 3.17. The minimum Gasteiger partial charge on any atom is -0.335 e. The number of nitrogens with zero attached hydrogens (tertiary/aromatic N) is 4. The molecule has 0 aliphatic carbocycles. The summed E-state index contributed by atoms with van der Waals surface area (Å²) in [5, 5.41) is 10.3. The molecule has 7 heteroatoms. The van der Waals surface area contributed by atoms with Crippen molar-refractivity contribution in [3.05, 3.63) is 78.2 Å². The number of hydrogen-bond acceptors (Lipinski definition) is 4. The van der Waals surface area contributed by atoms with E-state index in [1.807, 2.05) is 30.5 Å². The summed E-state index contributed by atoms with van der Waals surface area (Å²) in [7, 11) is 0. The van der Waals surface area contributed by atoms with E-state index in [2.05, 4.69) is 49.9 Å². The number of carbonyl (C=O) groups is 1. The summed E-state index contributed by atoms with van der Waals surface area (Å²) in [4.78, 5) is 19.0. The molecular formula is C22H26N6O. The molecule has 2 aromatic heterocycles. The monoisotopic (exact) mass is 390 g/mol. The lowest BCUT2D eigenvalue weighted by Gasteiger charge is -2.32. The van der Waals surface area contributed by atoms with Crippen LogP contribution in [0.1, 0.15) is 24.1 Å². The van der Waals surface area contributed by atoms with Crippen LogP contribution in [-0.2, 0) is 13.1 Å². The molecule has 4 rings (SSSR count). The predicted molar refractivity (Wildman–Crippen MR) is 112 cm³/mol. The summed E-state index contributed by atoms with van der Waals surface area (Å²) in [6, 6.07) is 18.1. The van der Waals surface area contributed by atoms with Crippen molar-refractivity contribution in [2.24, 2.45) is 0 Å². The predicted octanol–water partition coefficient (Wildman–Crippen LogP) is 3.11. The van der Waals surface area contributed by atoms with Gasteiger partial charge in [-0.1, -0.05) is 36.4 Å². The van der Waals surface area contributed by atoms with Gasteiger partial charge in [0.25, 0.3) is 0 Å². The summed E-state index contributed by atoms with van der Waals surface area (Å²) in [6.45, 7) is 3.51. The second-order valence-corrected chi connectivity index (χ2v) is 7.35. The van der Waals surface area contributed by atoms with E-state index in [-0.39, 0.29) is 12.1 Å². The van der Waals surface area contributed by atoms with Crippen molar-refractivity contribution in [1.82, 2.24) is 25.0 Å². The van der Waals surface area contributed by atoms with Crippen LogP contribution in [0.15, 0.2) is 67.0 Å². The van der Waals surface area contributed by atoms with Crippen LogP contribution in [0.4, 0.5) is 10.6 Å². The number of hydrogen-bond donors (Lipinski definition) is 2. The molecule has 1 aromatic carbocycles. The van der Waals surface area contributed by atoms with Crippen LogP contribution in [0.3, 0.4) is 0 Å². The van der Waals surface area contributed by atoms with Gasteiger partial charge in [-0.05, 0) is 30.5 Å². The lowest BCUT2D eigenvalue weighted by atomic mass is 10.0. The number of amides is 2. The largest absolute Gasteiger partial charge is 0.335 e. The van der Waals surface area contributed by atoms with E-state index >= 15 is 0 Å². The van der Waals surface area contributed by atoms with Crippen molar-refractivity contribution in [2.75, 3.05) is 18.4 Å². The number of benzene rings is 1. The summed E-state index contributed by atoms with van der Waals surface area (Å²) >= 11 is 0. The first-order chi connectivity index (χ1) is 14.2. The van der Waals surface area contributed by atoms with E-state index < -0.39 is 0 Å². The van der Waals surface area contributed by atoms with Gasteiger partial charge in [-0.15, -0.1) is 0 Å². The number of aromatic nitrogens is 3. The highest BCUT2D eigenvalue weighted by molar-refractivity contribution is 5.88. The summed E-state index contributed by atoms with van der Waals surface area (Å²) in [5.41, 5.74) is 2.26. The summed E-state index contributed by atoms with van der Waals surface area (Å²) < 4.78 is 1.76. The van der Waals surface area contributed by atoms with E-state index in [0.29, 0.717) is 12.4 Å². The third-order valence-electron chi connectivity index (χ3n) is 5.10. The fourth-order valence-electron chi connectivity index (χ4n) is 3.59. The van der Waals surface area contributed by atoms with Crippen LogP contribution in [0.25, 0.3) is 0 Å². The normalized spacial score (nSPS) is 15.2. The lowest BCUT2D eigenvalue weighted by Crippen LogP contribution is -2.45. The maximum Gasteiger partial charge on any atom is 0.320 e. The van der Waals surface area contributed by atoms with Gasteiger partial charge < -0.3 is 5.32 Å². The molecule has 0 saturated carbocycles. The number of rotatable bonds is 6. The van der Waals surface area contributed by atoms with Gasteiger partial charge in [0.1, 0.15) is 0 Å². The van der Waals surface area contributed by atoms with Gasteiger partial charge in [-0.3, -0.25) is 19.9 Å². The molecule has 1 fully saturated rings. The molecule has 1 aliphatic rings. The third-order valence-corrected chi connectivity index (χ3v) is 5.10. The van der Waals surface area contributed by atoms with Gasteiger partial charge in [0.15, 0.2) is 5.82 Å². The maximum absolute atomic E-state index is 12.3. The highest BCUT2D eigenvalue weighted by atomic mass is 16.2. The Labute approximate surface area is 170 Å². The Bertz CT molecular complexity index is 903. The van der Waals surface area contributed by atoms with Gasteiger partial charge >= 0.3 is 6.03 Å². The van der Waals surface area contributed by atoms with E-state index in [1.54, 1.807) is 16.9 Å². The molecule has 29 heavy (non-hydrogen) atoms. The first-order valence-corrected chi connectivity index (χ1v) is 10.0. The van der Waals surface area contributed by atoms with Crippen molar-refractivity contribution in [3.8, 4) is 0 Å². The van der Waals surface area contributed by atoms with Gasteiger partial charge in [0.05, 0.1) is 12.2 Å². The maximum atomic E-state index is 12.3. The van der Waals surface area contributed by atoms with Crippen LogP contribution in [-0.4, -0.2) is 44.8 Å². The first kappa shape index (κ1) is 19.1. The Hall–Kier alpha value is -3.19. The molecule has 3 heterocycles. The third kappa shape index (κ3) is 5.65. The number of pyridine rings is 1. The number of urea groups is 1. The fourth-order valence-corrected chi connectivity index (χ4v) is 3.59. The molecule has 0 bridgehead atoms. The van der Waals surface area contributed by atoms with Crippen LogP contribution >= 0.6 is 0 Å². The van der Waals surface area contributed by atoms with Crippen LogP contribution < -0.4 is 10.6 Å². The molecule has 0 radical (unpaired) electrons. The molecule has 1 aliphatic heterocycles. The van der Waals surface area contributed by atoms with E-state index in [0.717, 1.165) is 38.2 Å². The standard InChI is InChI=1S/C22H26N6O/c29-22(25-21-11-15-28(26-21)17-20-8-4-5-12-23-20)24-19-9-13-27(14-10-19)16-18-6-2-1-3-7-18/h1-8,11-12,15,19H,9-10,13-14,16-17H2,(H2,24,25,26,29). The van der Waals surface area contributed by atoms with Gasteiger partial charge in [0.2, 0.25) is 0 Å².